The Morgan fingerprint density at radius 2 is 1.93 bits per heavy atom. The number of urea groups is 1. The molecule has 0 aliphatic heterocycles. The summed E-state index contributed by atoms with van der Waals surface area (Å²) in [5.74, 6) is 0.0687. The Balaban J connectivity index is 1.86. The maximum absolute atomic E-state index is 13.3. The highest BCUT2D eigenvalue weighted by atomic mass is 35.5. The summed E-state index contributed by atoms with van der Waals surface area (Å²) in [6, 6.07) is 3.29. The van der Waals surface area contributed by atoms with E-state index in [1.807, 2.05) is 6.92 Å². The first kappa shape index (κ1) is 18.8. The molecule has 2 aromatic heterocycles. The van der Waals surface area contributed by atoms with Crippen LogP contribution >= 0.6 is 11.6 Å². The van der Waals surface area contributed by atoms with Crippen LogP contribution < -0.4 is 10.6 Å². The third-order valence-electron chi connectivity index (χ3n) is 4.29. The van der Waals surface area contributed by atoms with Crippen LogP contribution in [0.15, 0.2) is 36.8 Å². The molecule has 1 atom stereocenters. The molecular weight excluding hydrogens is 371 g/mol. The standard InChI is InChI=1S/C18H18ClFN6O/c1-10(12-9-24-17(21-2)16-15(12)22-6-7-23-16)26(3)18(27)25-11-4-5-14(20)13(19)8-11/h4-10H,1-3H3,(H,21,24)(H,25,27)/t10-/m1/s1. The van der Waals surface area contributed by atoms with Crippen LogP contribution in [0.5, 0.6) is 0 Å². The molecule has 0 saturated heterocycles. The fourth-order valence-corrected chi connectivity index (χ4v) is 2.82. The number of anilines is 2. The van der Waals surface area contributed by atoms with Gasteiger partial charge in [0.2, 0.25) is 0 Å². The zero-order chi connectivity index (χ0) is 19.6. The number of amides is 2. The zero-order valence-corrected chi connectivity index (χ0v) is 15.8. The van der Waals surface area contributed by atoms with Gasteiger partial charge in [-0.3, -0.25) is 4.98 Å². The summed E-state index contributed by atoms with van der Waals surface area (Å²) in [6.07, 6.45) is 4.86. The number of fused-ring (bicyclic) bond motifs is 1. The second kappa shape index (κ2) is 7.71. The molecule has 7 nitrogen and oxygen atoms in total. The molecule has 3 rings (SSSR count). The van der Waals surface area contributed by atoms with Crippen molar-refractivity contribution in [2.45, 2.75) is 13.0 Å². The van der Waals surface area contributed by atoms with Gasteiger partial charge < -0.3 is 15.5 Å². The molecule has 0 fully saturated rings. The molecule has 9 heteroatoms. The fraction of sp³-hybridized carbons (Fsp3) is 0.222. The van der Waals surface area contributed by atoms with E-state index in [0.29, 0.717) is 22.5 Å². The van der Waals surface area contributed by atoms with E-state index in [1.54, 1.807) is 32.7 Å². The Bertz CT molecular complexity index is 999. The highest BCUT2D eigenvalue weighted by molar-refractivity contribution is 6.31. The lowest BCUT2D eigenvalue weighted by Crippen LogP contribution is -2.33. The summed E-state index contributed by atoms with van der Waals surface area (Å²) >= 11 is 5.76. The third kappa shape index (κ3) is 3.75. The Kier molecular flexibility index (Phi) is 5.36. The fourth-order valence-electron chi connectivity index (χ4n) is 2.64. The topological polar surface area (TPSA) is 83.0 Å². The van der Waals surface area contributed by atoms with Crippen molar-refractivity contribution in [2.75, 3.05) is 24.7 Å². The van der Waals surface area contributed by atoms with Crippen LogP contribution in [0.2, 0.25) is 5.02 Å². The highest BCUT2D eigenvalue weighted by Gasteiger charge is 2.22. The molecular formula is C18H18ClFN6O. The highest BCUT2D eigenvalue weighted by Crippen LogP contribution is 2.28. The van der Waals surface area contributed by atoms with Gasteiger partial charge in [-0.25, -0.2) is 19.2 Å². The van der Waals surface area contributed by atoms with Crippen molar-refractivity contribution < 1.29 is 9.18 Å². The summed E-state index contributed by atoms with van der Waals surface area (Å²) in [5, 5.41) is 5.62. The maximum Gasteiger partial charge on any atom is 0.322 e. The number of pyridine rings is 1. The number of benzene rings is 1. The summed E-state index contributed by atoms with van der Waals surface area (Å²) in [5.41, 5.74) is 2.45. The number of hydrogen-bond donors (Lipinski definition) is 2. The van der Waals surface area contributed by atoms with Gasteiger partial charge in [0.05, 0.1) is 16.6 Å². The molecule has 2 amide bonds. The van der Waals surface area contributed by atoms with Crippen molar-refractivity contribution in [3.8, 4) is 0 Å². The van der Waals surface area contributed by atoms with Crippen LogP contribution in [0.1, 0.15) is 18.5 Å². The number of nitrogens with one attached hydrogen (secondary N) is 2. The number of carbonyl (C=O) groups is 1. The second-order valence-electron chi connectivity index (χ2n) is 5.91. The van der Waals surface area contributed by atoms with Crippen molar-refractivity contribution in [2.24, 2.45) is 0 Å². The van der Waals surface area contributed by atoms with Crippen LogP contribution in [0.25, 0.3) is 11.0 Å². The monoisotopic (exact) mass is 388 g/mol. The first-order valence-corrected chi connectivity index (χ1v) is 8.56. The number of hydrogen-bond acceptors (Lipinski definition) is 5. The minimum Gasteiger partial charge on any atom is -0.371 e. The molecule has 0 saturated carbocycles. The SMILES string of the molecule is CNc1ncc([C@@H](C)N(C)C(=O)Nc2ccc(F)c(Cl)c2)c2nccnc12. The van der Waals surface area contributed by atoms with E-state index in [4.69, 9.17) is 11.6 Å². The minimum absolute atomic E-state index is 0.0587. The number of nitrogens with zero attached hydrogens (tertiary/aromatic N) is 4. The Morgan fingerprint density at radius 3 is 2.59 bits per heavy atom. The van der Waals surface area contributed by atoms with Gasteiger partial charge in [-0.1, -0.05) is 11.6 Å². The van der Waals surface area contributed by atoms with Gasteiger partial charge in [-0.05, 0) is 25.1 Å². The number of carbonyl (C=O) groups excluding carboxylic acids is 1. The van der Waals surface area contributed by atoms with Crippen LogP contribution in [0.4, 0.5) is 20.7 Å². The number of aromatic nitrogens is 3. The molecule has 0 spiro atoms. The van der Waals surface area contributed by atoms with E-state index >= 15 is 0 Å². The predicted octanol–water partition coefficient (Wildman–Crippen LogP) is 4.08. The Morgan fingerprint density at radius 1 is 1.22 bits per heavy atom. The van der Waals surface area contributed by atoms with E-state index in [1.165, 1.54) is 23.1 Å². The first-order chi connectivity index (χ1) is 12.9. The van der Waals surface area contributed by atoms with E-state index in [-0.39, 0.29) is 17.1 Å². The van der Waals surface area contributed by atoms with Crippen LogP contribution in [0, 0.1) is 5.82 Å². The Hall–Kier alpha value is -3.00. The van der Waals surface area contributed by atoms with Crippen molar-refractivity contribution in [1.29, 1.82) is 0 Å². The van der Waals surface area contributed by atoms with Crippen molar-refractivity contribution in [1.82, 2.24) is 19.9 Å². The second-order valence-corrected chi connectivity index (χ2v) is 6.32. The summed E-state index contributed by atoms with van der Waals surface area (Å²) in [7, 11) is 3.41. The first-order valence-electron chi connectivity index (χ1n) is 8.18. The maximum atomic E-state index is 13.3. The van der Waals surface area contributed by atoms with E-state index in [9.17, 15) is 9.18 Å². The van der Waals surface area contributed by atoms with Crippen LogP contribution in [-0.4, -0.2) is 40.0 Å². The minimum atomic E-state index is -0.544. The van der Waals surface area contributed by atoms with Gasteiger partial charge in [0, 0.05) is 43.9 Å². The smallest absolute Gasteiger partial charge is 0.322 e. The van der Waals surface area contributed by atoms with E-state index in [0.717, 1.165) is 5.56 Å². The molecule has 0 bridgehead atoms. The third-order valence-corrected chi connectivity index (χ3v) is 4.58. The molecule has 0 aliphatic carbocycles. The number of halogens is 2. The van der Waals surface area contributed by atoms with Gasteiger partial charge in [-0.2, -0.15) is 0 Å². The van der Waals surface area contributed by atoms with Gasteiger partial charge >= 0.3 is 6.03 Å². The van der Waals surface area contributed by atoms with Crippen molar-refractivity contribution in [3.63, 3.8) is 0 Å². The number of rotatable bonds is 4. The largest absolute Gasteiger partial charge is 0.371 e. The molecule has 0 radical (unpaired) electrons. The summed E-state index contributed by atoms with van der Waals surface area (Å²) < 4.78 is 13.3. The average Bonchev–Trinajstić information content (AvgIpc) is 2.68. The van der Waals surface area contributed by atoms with E-state index < -0.39 is 5.82 Å². The molecule has 3 aromatic rings. The Labute approximate surface area is 160 Å². The zero-order valence-electron chi connectivity index (χ0n) is 15.0. The molecule has 140 valence electrons. The van der Waals surface area contributed by atoms with Crippen molar-refractivity contribution >= 4 is 40.2 Å². The average molecular weight is 389 g/mol. The summed E-state index contributed by atoms with van der Waals surface area (Å²) in [6.45, 7) is 1.86. The van der Waals surface area contributed by atoms with Gasteiger partial charge in [-0.15, -0.1) is 0 Å². The van der Waals surface area contributed by atoms with Gasteiger partial charge in [0.15, 0.2) is 5.82 Å². The van der Waals surface area contributed by atoms with Gasteiger partial charge in [0.25, 0.3) is 0 Å². The quantitative estimate of drug-likeness (QED) is 0.703. The predicted molar refractivity (Wildman–Crippen MR) is 103 cm³/mol. The molecule has 1 aromatic carbocycles. The van der Waals surface area contributed by atoms with E-state index in [2.05, 4.69) is 25.6 Å². The molecule has 0 unspecified atom stereocenters. The molecule has 2 heterocycles. The summed E-state index contributed by atoms with van der Waals surface area (Å²) in [4.78, 5) is 27.2. The molecule has 2 N–H and O–H groups in total. The lowest BCUT2D eigenvalue weighted by atomic mass is 10.1. The van der Waals surface area contributed by atoms with Crippen LogP contribution in [-0.2, 0) is 0 Å². The lowest BCUT2D eigenvalue weighted by Gasteiger charge is -2.26. The normalized spacial score (nSPS) is 11.9. The van der Waals surface area contributed by atoms with Crippen LogP contribution in [0.3, 0.4) is 0 Å². The lowest BCUT2D eigenvalue weighted by molar-refractivity contribution is 0.208. The van der Waals surface area contributed by atoms with Gasteiger partial charge in [0.1, 0.15) is 11.3 Å². The molecule has 0 aliphatic rings. The molecule has 27 heavy (non-hydrogen) atoms. The van der Waals surface area contributed by atoms with Crippen molar-refractivity contribution in [3.05, 3.63) is 53.2 Å².